The molecule has 8 nitrogen and oxygen atoms in total. The van der Waals surface area contributed by atoms with Crippen molar-refractivity contribution >= 4 is 46.5 Å². The van der Waals surface area contributed by atoms with Crippen LogP contribution in [-0.4, -0.2) is 41.4 Å². The molecule has 2 bridgehead atoms. The second-order valence-electron chi connectivity index (χ2n) is 12.6. The van der Waals surface area contributed by atoms with Gasteiger partial charge in [0.15, 0.2) is 5.82 Å². The zero-order valence-corrected chi connectivity index (χ0v) is 25.5. The van der Waals surface area contributed by atoms with Crippen LogP contribution in [0, 0.1) is 28.9 Å². The smallest absolute Gasteiger partial charge is 0.411 e. The number of hydrogen-bond donors (Lipinski definition) is 2. The van der Waals surface area contributed by atoms with Crippen LogP contribution in [0.15, 0.2) is 54.7 Å². The van der Waals surface area contributed by atoms with Gasteiger partial charge in [0, 0.05) is 35.5 Å². The van der Waals surface area contributed by atoms with E-state index >= 15 is 4.39 Å². The summed E-state index contributed by atoms with van der Waals surface area (Å²) in [6.45, 7) is 2.08. The molecule has 2 aliphatic carbocycles. The summed E-state index contributed by atoms with van der Waals surface area (Å²) in [5.74, 6) is -2.39. The molecular formula is C34H31ClF2N4O4. The summed E-state index contributed by atoms with van der Waals surface area (Å²) < 4.78 is 34.6. The molecule has 232 valence electrons. The van der Waals surface area contributed by atoms with Gasteiger partial charge in [-0.2, -0.15) is 0 Å². The monoisotopic (exact) mass is 632 g/mol. The van der Waals surface area contributed by atoms with Gasteiger partial charge in [-0.15, -0.1) is 0 Å². The number of methoxy groups -OCH3 is 1. The number of fused-ring (bicyclic) bond motifs is 6. The van der Waals surface area contributed by atoms with Gasteiger partial charge in [-0.25, -0.2) is 13.6 Å². The molecule has 2 fully saturated rings. The Morgan fingerprint density at radius 3 is 2.69 bits per heavy atom. The Hall–Kier alpha value is -4.31. The minimum atomic E-state index is -0.879. The molecular weight excluding hydrogens is 602 g/mol. The van der Waals surface area contributed by atoms with Crippen molar-refractivity contribution in [3.05, 3.63) is 82.7 Å². The average molecular weight is 633 g/mol. The fourth-order valence-corrected chi connectivity index (χ4v) is 7.31. The quantitative estimate of drug-likeness (QED) is 0.299. The molecule has 4 aliphatic rings. The molecule has 3 aromatic rings. The van der Waals surface area contributed by atoms with Gasteiger partial charge < -0.3 is 15.0 Å². The molecule has 0 saturated heterocycles. The number of nitrogens with zero attached hydrogens (tertiary/aromatic N) is 2. The van der Waals surface area contributed by atoms with Crippen molar-refractivity contribution in [1.82, 2.24) is 9.88 Å². The lowest BCUT2D eigenvalue weighted by molar-refractivity contribution is -0.131. The van der Waals surface area contributed by atoms with Crippen LogP contribution in [0.1, 0.15) is 50.3 Å². The number of nitrogens with one attached hydrogen (secondary N) is 2. The molecule has 2 aliphatic heterocycles. The third-order valence-corrected chi connectivity index (χ3v) is 10.2. The van der Waals surface area contributed by atoms with Crippen molar-refractivity contribution in [3.8, 4) is 11.1 Å². The van der Waals surface area contributed by atoms with E-state index < -0.39 is 28.7 Å². The predicted molar refractivity (Wildman–Crippen MR) is 165 cm³/mol. The first-order chi connectivity index (χ1) is 21.6. The largest absolute Gasteiger partial charge is 0.453 e. The second-order valence-corrected chi connectivity index (χ2v) is 13.0. The van der Waals surface area contributed by atoms with Crippen molar-refractivity contribution < 1.29 is 27.9 Å². The predicted octanol–water partition coefficient (Wildman–Crippen LogP) is 7.15. The fourth-order valence-electron chi connectivity index (χ4n) is 7.15. The van der Waals surface area contributed by atoms with Gasteiger partial charge in [-0.1, -0.05) is 24.6 Å². The highest BCUT2D eigenvalue weighted by molar-refractivity contribution is 6.31. The van der Waals surface area contributed by atoms with Crippen molar-refractivity contribution in [3.63, 3.8) is 0 Å². The zero-order chi connectivity index (χ0) is 31.7. The highest BCUT2D eigenvalue weighted by atomic mass is 35.5. The van der Waals surface area contributed by atoms with E-state index in [-0.39, 0.29) is 46.4 Å². The Morgan fingerprint density at radius 2 is 1.93 bits per heavy atom. The van der Waals surface area contributed by atoms with Gasteiger partial charge in [0.1, 0.15) is 5.82 Å². The normalized spacial score (nSPS) is 24.7. The number of carbonyl (C=O) groups excluding carboxylic acids is 3. The number of rotatable bonds is 3. The van der Waals surface area contributed by atoms with Gasteiger partial charge in [-0.3, -0.25) is 19.9 Å². The van der Waals surface area contributed by atoms with E-state index in [1.807, 2.05) is 25.1 Å². The number of anilines is 2. The first-order valence-corrected chi connectivity index (χ1v) is 15.4. The summed E-state index contributed by atoms with van der Waals surface area (Å²) in [5.41, 5.74) is 2.02. The molecule has 3 heterocycles. The molecule has 1 aromatic heterocycles. The molecule has 1 spiro atoms. The SMILES string of the molecule is COC(=O)Nc1ccc2c(c1)NC(=O)C1(CC[C@@H]3CC3(N3CC(C)C(c4c(F)ccc(Cl)c4F)=CC3=O)c3cc-2ccn3)CC1. The summed E-state index contributed by atoms with van der Waals surface area (Å²) in [7, 11) is 1.28. The summed E-state index contributed by atoms with van der Waals surface area (Å²) in [6, 6.07) is 11.3. The maximum Gasteiger partial charge on any atom is 0.411 e. The third kappa shape index (κ3) is 4.86. The lowest BCUT2D eigenvalue weighted by Crippen LogP contribution is -2.46. The number of benzene rings is 2. The molecule has 11 heteroatoms. The number of amides is 3. The topological polar surface area (TPSA) is 101 Å². The van der Waals surface area contributed by atoms with E-state index in [2.05, 4.69) is 10.6 Å². The second kappa shape index (κ2) is 10.7. The van der Waals surface area contributed by atoms with E-state index in [0.29, 0.717) is 30.6 Å². The Kier molecular flexibility index (Phi) is 6.96. The molecule has 3 atom stereocenters. The maximum atomic E-state index is 15.0. The number of hydrogen-bond acceptors (Lipinski definition) is 5. The molecule has 2 unspecified atom stereocenters. The van der Waals surface area contributed by atoms with Crippen molar-refractivity contribution in [2.24, 2.45) is 17.3 Å². The van der Waals surface area contributed by atoms with Crippen LogP contribution in [0.2, 0.25) is 5.02 Å². The molecule has 3 amide bonds. The summed E-state index contributed by atoms with van der Waals surface area (Å²) in [4.78, 5) is 46.0. The molecule has 45 heavy (non-hydrogen) atoms. The number of halogens is 3. The van der Waals surface area contributed by atoms with Crippen molar-refractivity contribution in [1.29, 1.82) is 0 Å². The van der Waals surface area contributed by atoms with Crippen LogP contribution in [-0.2, 0) is 19.9 Å². The van der Waals surface area contributed by atoms with Crippen LogP contribution in [0.3, 0.4) is 0 Å². The van der Waals surface area contributed by atoms with E-state index in [9.17, 15) is 18.8 Å². The minimum absolute atomic E-state index is 0.0572. The first kappa shape index (κ1) is 29.4. The molecule has 2 saturated carbocycles. The van der Waals surface area contributed by atoms with Crippen LogP contribution >= 0.6 is 11.6 Å². The summed E-state index contributed by atoms with van der Waals surface area (Å²) in [6.07, 6.45) is 5.95. The molecule has 2 aromatic carbocycles. The summed E-state index contributed by atoms with van der Waals surface area (Å²) in [5, 5.41) is 5.57. The molecule has 2 N–H and O–H groups in total. The van der Waals surface area contributed by atoms with E-state index in [1.165, 1.54) is 13.2 Å². The van der Waals surface area contributed by atoms with Crippen molar-refractivity contribution in [2.75, 3.05) is 24.3 Å². The first-order valence-electron chi connectivity index (χ1n) is 15.0. The highest BCUT2D eigenvalue weighted by Crippen LogP contribution is 2.62. The molecule has 0 radical (unpaired) electrons. The van der Waals surface area contributed by atoms with E-state index in [1.54, 1.807) is 23.2 Å². The third-order valence-electron chi connectivity index (χ3n) is 9.94. The Bertz CT molecular complexity index is 1810. The Morgan fingerprint density at radius 1 is 1.13 bits per heavy atom. The van der Waals surface area contributed by atoms with Crippen LogP contribution in [0.4, 0.5) is 25.0 Å². The van der Waals surface area contributed by atoms with Gasteiger partial charge >= 0.3 is 6.09 Å². The maximum absolute atomic E-state index is 15.0. The zero-order valence-electron chi connectivity index (χ0n) is 24.8. The number of carbonyl (C=O) groups is 3. The van der Waals surface area contributed by atoms with E-state index in [4.69, 9.17) is 21.3 Å². The highest BCUT2D eigenvalue weighted by Gasteiger charge is 2.63. The standard InChI is InChI=1S/C34H31ClF2N4O4/c1-18-17-41(28(42)15-23(18)29-25(36)6-5-24(35)30(29)37)34-16-20(34)7-9-33(10-11-33)31(43)40-26-14-21(39-32(44)45-2)3-4-22(26)19-8-12-38-27(34)13-19/h3-6,8,12-15,18,20H,7,9-11,16-17H2,1-2H3,(H,39,44)(H,40,43)/t18?,20-,34?/m1/s1. The fraction of sp³-hybridized carbons (Fsp3) is 0.353. The van der Waals surface area contributed by atoms with E-state index in [0.717, 1.165) is 41.8 Å². The summed E-state index contributed by atoms with van der Waals surface area (Å²) >= 11 is 5.98. The van der Waals surface area contributed by atoms with Crippen LogP contribution in [0.5, 0.6) is 0 Å². The van der Waals surface area contributed by atoms with Gasteiger partial charge in [-0.05, 0) is 91.5 Å². The van der Waals surface area contributed by atoms with Crippen molar-refractivity contribution in [2.45, 2.75) is 44.6 Å². The average Bonchev–Trinajstić information content (AvgIpc) is 3.95. The molecule has 7 rings (SSSR count). The number of pyridine rings is 1. The number of ether oxygens (including phenoxy) is 1. The van der Waals surface area contributed by atoms with Crippen LogP contribution in [0.25, 0.3) is 16.7 Å². The van der Waals surface area contributed by atoms with Gasteiger partial charge in [0.2, 0.25) is 11.8 Å². The number of aromatic nitrogens is 1. The van der Waals surface area contributed by atoms with Gasteiger partial charge in [0.05, 0.1) is 34.6 Å². The van der Waals surface area contributed by atoms with Gasteiger partial charge in [0.25, 0.3) is 0 Å². The lowest BCUT2D eigenvalue weighted by atomic mass is 9.87. The Balaban J connectivity index is 1.31. The minimum Gasteiger partial charge on any atom is -0.453 e. The Labute approximate surface area is 263 Å². The lowest BCUT2D eigenvalue weighted by Gasteiger charge is -2.38. The van der Waals surface area contributed by atoms with Crippen LogP contribution < -0.4 is 10.6 Å².